The summed E-state index contributed by atoms with van der Waals surface area (Å²) >= 11 is 0. The molecule has 1 N–H and O–H groups in total. The molecule has 0 aliphatic heterocycles. The van der Waals surface area contributed by atoms with Crippen molar-refractivity contribution in [3.05, 3.63) is 60.2 Å². The van der Waals surface area contributed by atoms with Crippen LogP contribution in [-0.4, -0.2) is 37.4 Å². The molecule has 0 spiro atoms. The Kier molecular flexibility index (Phi) is 6.57. The molecule has 2 aromatic rings. The average molecular weight is 340 g/mol. The Labute approximate surface area is 148 Å². The van der Waals surface area contributed by atoms with Crippen LogP contribution in [0.25, 0.3) is 0 Å². The van der Waals surface area contributed by atoms with Crippen molar-refractivity contribution in [3.8, 4) is 5.75 Å². The number of nitrogens with one attached hydrogen (secondary N) is 1. The van der Waals surface area contributed by atoms with Crippen molar-refractivity contribution >= 4 is 17.5 Å². The Morgan fingerprint density at radius 3 is 2.32 bits per heavy atom. The van der Waals surface area contributed by atoms with E-state index in [9.17, 15) is 9.59 Å². The third-order valence-electron chi connectivity index (χ3n) is 4.03. The molecule has 2 rings (SSSR count). The number of likely N-dealkylation sites (N-methyl/N-ethyl adjacent to an activating group) is 1. The number of ether oxygens (including phenoxy) is 1. The molecular formula is C20H24N2O3. The van der Waals surface area contributed by atoms with Gasteiger partial charge >= 0.3 is 0 Å². The fourth-order valence-electron chi connectivity index (χ4n) is 2.50. The molecule has 0 unspecified atom stereocenters. The molecule has 25 heavy (non-hydrogen) atoms. The predicted molar refractivity (Wildman–Crippen MR) is 98.7 cm³/mol. The van der Waals surface area contributed by atoms with Gasteiger partial charge in [-0.3, -0.25) is 9.59 Å². The minimum absolute atomic E-state index is 0.0202. The quantitative estimate of drug-likeness (QED) is 0.841. The maximum atomic E-state index is 12.3. The van der Waals surface area contributed by atoms with E-state index in [1.165, 1.54) is 4.90 Å². The molecule has 0 fully saturated rings. The summed E-state index contributed by atoms with van der Waals surface area (Å²) in [6.07, 6.45) is 0.371. The lowest BCUT2D eigenvalue weighted by Crippen LogP contribution is -2.35. The summed E-state index contributed by atoms with van der Waals surface area (Å²) in [5.74, 6) is 0.551. The number of carbonyl (C=O) groups excluding carboxylic acids is 2. The molecule has 5 nitrogen and oxygen atoms in total. The van der Waals surface area contributed by atoms with Crippen LogP contribution in [0.3, 0.4) is 0 Å². The van der Waals surface area contributed by atoms with Crippen molar-refractivity contribution in [2.45, 2.75) is 19.3 Å². The minimum Gasteiger partial charge on any atom is -0.497 e. The van der Waals surface area contributed by atoms with Gasteiger partial charge in [0.05, 0.1) is 13.7 Å². The molecule has 1 atom stereocenters. The molecule has 0 bridgehead atoms. The highest BCUT2D eigenvalue weighted by Crippen LogP contribution is 2.19. The third kappa shape index (κ3) is 5.64. The van der Waals surface area contributed by atoms with Gasteiger partial charge in [-0.15, -0.1) is 0 Å². The second-order valence-corrected chi connectivity index (χ2v) is 6.04. The molecule has 0 aliphatic carbocycles. The Morgan fingerprint density at radius 2 is 1.72 bits per heavy atom. The van der Waals surface area contributed by atoms with E-state index >= 15 is 0 Å². The van der Waals surface area contributed by atoms with Gasteiger partial charge in [-0.2, -0.15) is 0 Å². The van der Waals surface area contributed by atoms with Crippen molar-refractivity contribution < 1.29 is 14.3 Å². The number of methoxy groups -OCH3 is 1. The summed E-state index contributed by atoms with van der Waals surface area (Å²) in [5, 5.41) is 2.78. The largest absolute Gasteiger partial charge is 0.497 e. The second kappa shape index (κ2) is 8.87. The Balaban J connectivity index is 1.84. The SMILES string of the molecule is COc1ccc(NC(=O)CN(C)C(=O)C[C@@H](C)c2ccccc2)cc1. The highest BCUT2D eigenvalue weighted by atomic mass is 16.5. The first-order chi connectivity index (χ1) is 12.0. The third-order valence-corrected chi connectivity index (χ3v) is 4.03. The summed E-state index contributed by atoms with van der Waals surface area (Å²) in [4.78, 5) is 25.9. The van der Waals surface area contributed by atoms with Crippen LogP contribution in [-0.2, 0) is 9.59 Å². The molecular weight excluding hydrogens is 316 g/mol. The molecule has 0 saturated heterocycles. The molecule has 0 aliphatic rings. The number of carbonyl (C=O) groups is 2. The number of anilines is 1. The lowest BCUT2D eigenvalue weighted by Gasteiger charge is -2.19. The highest BCUT2D eigenvalue weighted by Gasteiger charge is 2.17. The summed E-state index contributed by atoms with van der Waals surface area (Å²) < 4.78 is 5.08. The standard InChI is InChI=1S/C20H24N2O3/c1-15(16-7-5-4-6-8-16)13-20(24)22(2)14-19(23)21-17-9-11-18(25-3)12-10-17/h4-12,15H,13-14H2,1-3H3,(H,21,23)/t15-/m1/s1. The van der Waals surface area contributed by atoms with Gasteiger partial charge in [-0.05, 0) is 35.7 Å². The van der Waals surface area contributed by atoms with E-state index in [0.29, 0.717) is 12.1 Å². The first kappa shape index (κ1) is 18.5. The van der Waals surface area contributed by atoms with Crippen LogP contribution in [0.5, 0.6) is 5.75 Å². The van der Waals surface area contributed by atoms with Gasteiger partial charge in [0.1, 0.15) is 5.75 Å². The zero-order chi connectivity index (χ0) is 18.2. The molecule has 0 radical (unpaired) electrons. The number of hydrogen-bond donors (Lipinski definition) is 1. The van der Waals surface area contributed by atoms with Gasteiger partial charge < -0.3 is 15.0 Å². The maximum absolute atomic E-state index is 12.3. The number of rotatable bonds is 7. The van der Waals surface area contributed by atoms with Crippen LogP contribution in [0.15, 0.2) is 54.6 Å². The minimum atomic E-state index is -0.228. The van der Waals surface area contributed by atoms with E-state index in [4.69, 9.17) is 4.74 Å². The molecule has 2 amide bonds. The van der Waals surface area contributed by atoms with Crippen LogP contribution in [0.2, 0.25) is 0 Å². The topological polar surface area (TPSA) is 58.6 Å². The normalized spacial score (nSPS) is 11.5. The molecule has 0 heterocycles. The molecule has 0 aromatic heterocycles. The van der Waals surface area contributed by atoms with Crippen LogP contribution in [0, 0.1) is 0 Å². The van der Waals surface area contributed by atoms with Gasteiger partial charge in [-0.25, -0.2) is 0 Å². The van der Waals surface area contributed by atoms with Gasteiger partial charge in [0.2, 0.25) is 11.8 Å². The van der Waals surface area contributed by atoms with Crippen molar-refractivity contribution in [2.75, 3.05) is 26.0 Å². The smallest absolute Gasteiger partial charge is 0.243 e. The van der Waals surface area contributed by atoms with Crippen molar-refractivity contribution in [2.24, 2.45) is 0 Å². The lowest BCUT2D eigenvalue weighted by molar-refractivity contribution is -0.133. The molecule has 0 saturated carbocycles. The summed E-state index contributed by atoms with van der Waals surface area (Å²) in [7, 11) is 3.23. The lowest BCUT2D eigenvalue weighted by atomic mass is 9.97. The zero-order valence-electron chi connectivity index (χ0n) is 14.9. The van der Waals surface area contributed by atoms with E-state index in [0.717, 1.165) is 11.3 Å². The zero-order valence-corrected chi connectivity index (χ0v) is 14.9. The van der Waals surface area contributed by atoms with Crippen molar-refractivity contribution in [1.29, 1.82) is 0 Å². The highest BCUT2D eigenvalue weighted by molar-refractivity contribution is 5.94. The number of hydrogen-bond acceptors (Lipinski definition) is 3. The predicted octanol–water partition coefficient (Wildman–Crippen LogP) is 3.29. The van der Waals surface area contributed by atoms with Crippen LogP contribution in [0.4, 0.5) is 5.69 Å². The van der Waals surface area contributed by atoms with Crippen LogP contribution in [0.1, 0.15) is 24.8 Å². The Bertz CT molecular complexity index is 699. The van der Waals surface area contributed by atoms with Gasteiger partial charge in [0.15, 0.2) is 0 Å². The molecule has 5 heteroatoms. The van der Waals surface area contributed by atoms with E-state index in [2.05, 4.69) is 5.32 Å². The molecule has 132 valence electrons. The summed E-state index contributed by atoms with van der Waals surface area (Å²) in [5.41, 5.74) is 1.79. The monoisotopic (exact) mass is 340 g/mol. The van der Waals surface area contributed by atoms with Crippen molar-refractivity contribution in [1.82, 2.24) is 4.90 Å². The van der Waals surface area contributed by atoms with E-state index in [1.54, 1.807) is 38.4 Å². The van der Waals surface area contributed by atoms with Gasteiger partial charge in [-0.1, -0.05) is 37.3 Å². The first-order valence-corrected chi connectivity index (χ1v) is 8.22. The second-order valence-electron chi connectivity index (χ2n) is 6.04. The van der Waals surface area contributed by atoms with E-state index < -0.39 is 0 Å². The van der Waals surface area contributed by atoms with Crippen molar-refractivity contribution in [3.63, 3.8) is 0 Å². The van der Waals surface area contributed by atoms with Crippen LogP contribution >= 0.6 is 0 Å². The number of benzene rings is 2. The fraction of sp³-hybridized carbons (Fsp3) is 0.300. The number of nitrogens with zero attached hydrogens (tertiary/aromatic N) is 1. The van der Waals surface area contributed by atoms with E-state index in [-0.39, 0.29) is 24.3 Å². The fourth-order valence-corrected chi connectivity index (χ4v) is 2.50. The Hall–Kier alpha value is -2.82. The molecule has 2 aromatic carbocycles. The average Bonchev–Trinajstić information content (AvgIpc) is 2.62. The van der Waals surface area contributed by atoms with Gasteiger partial charge in [0, 0.05) is 19.2 Å². The summed E-state index contributed by atoms with van der Waals surface area (Å²) in [6, 6.07) is 16.9. The van der Waals surface area contributed by atoms with E-state index in [1.807, 2.05) is 37.3 Å². The maximum Gasteiger partial charge on any atom is 0.243 e. The van der Waals surface area contributed by atoms with Crippen LogP contribution < -0.4 is 10.1 Å². The number of amides is 2. The van der Waals surface area contributed by atoms with Gasteiger partial charge in [0.25, 0.3) is 0 Å². The first-order valence-electron chi connectivity index (χ1n) is 8.22. The Morgan fingerprint density at radius 1 is 1.08 bits per heavy atom. The summed E-state index contributed by atoms with van der Waals surface area (Å²) in [6.45, 7) is 2.03.